The Bertz CT molecular complexity index is 465. The van der Waals surface area contributed by atoms with Crippen molar-refractivity contribution in [3.63, 3.8) is 0 Å². The SMILES string of the molecule is COC(=O)C1COCCN1c1ccc(C(C)(C)C)cn1. The van der Waals surface area contributed by atoms with Crippen molar-refractivity contribution < 1.29 is 14.3 Å². The fraction of sp³-hybridized carbons (Fsp3) is 0.600. The predicted octanol–water partition coefficient (Wildman–Crippen LogP) is 1.76. The zero-order chi connectivity index (χ0) is 14.8. The molecule has 1 saturated heterocycles. The van der Waals surface area contributed by atoms with E-state index < -0.39 is 6.04 Å². The van der Waals surface area contributed by atoms with Crippen LogP contribution in [0.25, 0.3) is 0 Å². The molecule has 20 heavy (non-hydrogen) atoms. The molecule has 1 aromatic heterocycles. The van der Waals surface area contributed by atoms with Gasteiger partial charge in [-0.3, -0.25) is 0 Å². The monoisotopic (exact) mass is 278 g/mol. The van der Waals surface area contributed by atoms with Crippen molar-refractivity contribution in [3.8, 4) is 0 Å². The number of carbonyl (C=O) groups is 1. The molecule has 110 valence electrons. The van der Waals surface area contributed by atoms with Crippen molar-refractivity contribution >= 4 is 11.8 Å². The first-order valence-electron chi connectivity index (χ1n) is 6.82. The Hall–Kier alpha value is -1.62. The van der Waals surface area contributed by atoms with E-state index >= 15 is 0 Å². The molecule has 1 unspecified atom stereocenters. The molecule has 1 fully saturated rings. The molecule has 1 atom stereocenters. The van der Waals surface area contributed by atoms with Crippen LogP contribution in [0.5, 0.6) is 0 Å². The summed E-state index contributed by atoms with van der Waals surface area (Å²) in [6.45, 7) is 8.02. The van der Waals surface area contributed by atoms with Crippen LogP contribution in [0.1, 0.15) is 26.3 Å². The average molecular weight is 278 g/mol. The Labute approximate surface area is 119 Å². The van der Waals surface area contributed by atoms with Gasteiger partial charge in [-0.25, -0.2) is 9.78 Å². The number of aromatic nitrogens is 1. The number of methoxy groups -OCH3 is 1. The van der Waals surface area contributed by atoms with Crippen LogP contribution >= 0.6 is 0 Å². The van der Waals surface area contributed by atoms with E-state index in [1.165, 1.54) is 12.7 Å². The predicted molar refractivity (Wildman–Crippen MR) is 76.9 cm³/mol. The minimum absolute atomic E-state index is 0.0677. The molecule has 0 aromatic carbocycles. The number of nitrogens with zero attached hydrogens (tertiary/aromatic N) is 2. The lowest BCUT2D eigenvalue weighted by atomic mass is 9.88. The summed E-state index contributed by atoms with van der Waals surface area (Å²) in [4.78, 5) is 18.2. The molecule has 0 aliphatic carbocycles. The maximum atomic E-state index is 11.8. The quantitative estimate of drug-likeness (QED) is 0.772. The van der Waals surface area contributed by atoms with Crippen molar-refractivity contribution in [1.82, 2.24) is 4.98 Å². The Morgan fingerprint density at radius 3 is 2.75 bits per heavy atom. The third-order valence-electron chi connectivity index (χ3n) is 3.51. The highest BCUT2D eigenvalue weighted by molar-refractivity contribution is 5.80. The molecule has 0 spiro atoms. The van der Waals surface area contributed by atoms with Gasteiger partial charge in [0.2, 0.25) is 0 Å². The molecular formula is C15H22N2O3. The second-order valence-electron chi connectivity index (χ2n) is 5.96. The highest BCUT2D eigenvalue weighted by Gasteiger charge is 2.31. The van der Waals surface area contributed by atoms with Gasteiger partial charge in [0.15, 0.2) is 6.04 Å². The maximum absolute atomic E-state index is 11.8. The summed E-state index contributed by atoms with van der Waals surface area (Å²) in [6, 6.07) is 3.61. The third kappa shape index (κ3) is 3.10. The number of morpholine rings is 1. The minimum Gasteiger partial charge on any atom is -0.467 e. The number of hydrogen-bond acceptors (Lipinski definition) is 5. The molecule has 2 heterocycles. The van der Waals surface area contributed by atoms with Crippen LogP contribution < -0.4 is 4.90 Å². The van der Waals surface area contributed by atoms with Crippen LogP contribution in [0, 0.1) is 0 Å². The first kappa shape index (κ1) is 14.8. The number of hydrogen-bond donors (Lipinski definition) is 0. The Balaban J connectivity index is 2.22. The fourth-order valence-electron chi connectivity index (χ4n) is 2.21. The van der Waals surface area contributed by atoms with Crippen molar-refractivity contribution in [2.24, 2.45) is 0 Å². The first-order chi connectivity index (χ1) is 9.43. The van der Waals surface area contributed by atoms with Gasteiger partial charge in [0.25, 0.3) is 0 Å². The van der Waals surface area contributed by atoms with E-state index in [1.807, 2.05) is 17.2 Å². The van der Waals surface area contributed by atoms with Gasteiger partial charge in [-0.15, -0.1) is 0 Å². The van der Waals surface area contributed by atoms with E-state index in [4.69, 9.17) is 9.47 Å². The molecule has 5 nitrogen and oxygen atoms in total. The number of carbonyl (C=O) groups excluding carboxylic acids is 1. The second kappa shape index (κ2) is 5.79. The zero-order valence-corrected chi connectivity index (χ0v) is 12.5. The van der Waals surface area contributed by atoms with E-state index in [0.29, 0.717) is 19.8 Å². The van der Waals surface area contributed by atoms with Crippen molar-refractivity contribution in [2.75, 3.05) is 31.8 Å². The van der Waals surface area contributed by atoms with E-state index in [0.717, 1.165) is 5.82 Å². The van der Waals surface area contributed by atoms with Crippen LogP contribution in [0.4, 0.5) is 5.82 Å². The first-order valence-corrected chi connectivity index (χ1v) is 6.82. The molecule has 1 aromatic rings. The Kier molecular flexibility index (Phi) is 4.28. The number of anilines is 1. The number of pyridine rings is 1. The average Bonchev–Trinajstić information content (AvgIpc) is 2.45. The van der Waals surface area contributed by atoms with E-state index in [9.17, 15) is 4.79 Å². The van der Waals surface area contributed by atoms with Crippen LogP contribution in [-0.4, -0.2) is 43.9 Å². The van der Waals surface area contributed by atoms with Gasteiger partial charge in [-0.1, -0.05) is 26.8 Å². The number of rotatable bonds is 2. The molecule has 1 aliphatic heterocycles. The Morgan fingerprint density at radius 2 is 2.20 bits per heavy atom. The summed E-state index contributed by atoms with van der Waals surface area (Å²) in [5.41, 5.74) is 1.24. The van der Waals surface area contributed by atoms with Gasteiger partial charge in [0.1, 0.15) is 5.82 Å². The molecule has 0 amide bonds. The lowest BCUT2D eigenvalue weighted by molar-refractivity contribution is -0.144. The summed E-state index contributed by atoms with van der Waals surface area (Å²) in [5, 5.41) is 0. The van der Waals surface area contributed by atoms with E-state index in [-0.39, 0.29) is 11.4 Å². The molecule has 0 saturated carbocycles. The van der Waals surface area contributed by atoms with Gasteiger partial charge < -0.3 is 14.4 Å². The zero-order valence-electron chi connectivity index (χ0n) is 12.5. The summed E-state index contributed by atoms with van der Waals surface area (Å²) in [6.07, 6.45) is 1.87. The largest absolute Gasteiger partial charge is 0.467 e. The summed E-state index contributed by atoms with van der Waals surface area (Å²) in [7, 11) is 1.39. The highest BCUT2D eigenvalue weighted by atomic mass is 16.5. The smallest absolute Gasteiger partial charge is 0.330 e. The molecule has 5 heteroatoms. The van der Waals surface area contributed by atoms with Gasteiger partial charge in [0.05, 0.1) is 20.3 Å². The summed E-state index contributed by atoms with van der Waals surface area (Å²) >= 11 is 0. The van der Waals surface area contributed by atoms with Crippen molar-refractivity contribution in [1.29, 1.82) is 0 Å². The second-order valence-corrected chi connectivity index (χ2v) is 5.96. The lowest BCUT2D eigenvalue weighted by Crippen LogP contribution is -2.51. The lowest BCUT2D eigenvalue weighted by Gasteiger charge is -2.34. The van der Waals surface area contributed by atoms with Crippen LogP contribution in [0.15, 0.2) is 18.3 Å². The molecule has 1 aliphatic rings. The number of esters is 1. The fourth-order valence-corrected chi connectivity index (χ4v) is 2.21. The molecule has 0 bridgehead atoms. The van der Waals surface area contributed by atoms with Crippen molar-refractivity contribution in [2.45, 2.75) is 32.2 Å². The third-order valence-corrected chi connectivity index (χ3v) is 3.51. The standard InChI is InChI=1S/C15H22N2O3/c1-15(2,3)11-5-6-13(16-9-11)17-7-8-20-10-12(17)14(18)19-4/h5-6,9,12H,7-8,10H2,1-4H3. The van der Waals surface area contributed by atoms with Gasteiger partial charge in [-0.05, 0) is 17.0 Å². The topological polar surface area (TPSA) is 51.7 Å². The Morgan fingerprint density at radius 1 is 1.45 bits per heavy atom. The molecule has 2 rings (SSSR count). The van der Waals surface area contributed by atoms with E-state index in [1.54, 1.807) is 0 Å². The van der Waals surface area contributed by atoms with Gasteiger partial charge in [-0.2, -0.15) is 0 Å². The number of ether oxygens (including phenoxy) is 2. The molecule has 0 N–H and O–H groups in total. The van der Waals surface area contributed by atoms with Crippen LogP contribution in [0.3, 0.4) is 0 Å². The normalized spacial score (nSPS) is 19.8. The van der Waals surface area contributed by atoms with Gasteiger partial charge in [0, 0.05) is 12.7 Å². The van der Waals surface area contributed by atoms with Crippen LogP contribution in [0.2, 0.25) is 0 Å². The van der Waals surface area contributed by atoms with E-state index in [2.05, 4.69) is 31.8 Å². The summed E-state index contributed by atoms with van der Waals surface area (Å²) < 4.78 is 10.2. The maximum Gasteiger partial charge on any atom is 0.330 e. The minimum atomic E-state index is -0.415. The molecule has 0 radical (unpaired) electrons. The van der Waals surface area contributed by atoms with Crippen molar-refractivity contribution in [3.05, 3.63) is 23.9 Å². The van der Waals surface area contributed by atoms with Gasteiger partial charge >= 0.3 is 5.97 Å². The molecular weight excluding hydrogens is 256 g/mol. The van der Waals surface area contributed by atoms with Crippen LogP contribution in [-0.2, 0) is 19.7 Å². The summed E-state index contributed by atoms with van der Waals surface area (Å²) in [5.74, 6) is 0.503. The highest BCUT2D eigenvalue weighted by Crippen LogP contribution is 2.24.